The number of aryl methyl sites for hydroxylation is 1. The van der Waals surface area contributed by atoms with Crippen LogP contribution in [-0.2, 0) is 13.1 Å². The van der Waals surface area contributed by atoms with Crippen LogP contribution in [0, 0.1) is 5.41 Å². The van der Waals surface area contributed by atoms with Crippen molar-refractivity contribution in [2.45, 2.75) is 33.4 Å². The molecule has 0 fully saturated rings. The van der Waals surface area contributed by atoms with Crippen molar-refractivity contribution in [2.24, 2.45) is 5.73 Å². The highest BCUT2D eigenvalue weighted by molar-refractivity contribution is 5.82. The van der Waals surface area contributed by atoms with Gasteiger partial charge in [0, 0.05) is 31.4 Å². The van der Waals surface area contributed by atoms with Crippen LogP contribution in [0.3, 0.4) is 0 Å². The Balaban J connectivity index is 2.21. The van der Waals surface area contributed by atoms with Gasteiger partial charge in [0.05, 0.1) is 17.0 Å². The van der Waals surface area contributed by atoms with Crippen LogP contribution in [0.15, 0.2) is 24.3 Å². The summed E-state index contributed by atoms with van der Waals surface area (Å²) in [5.74, 6) is 0.243. The lowest BCUT2D eigenvalue weighted by molar-refractivity contribution is 0.284. The zero-order valence-electron chi connectivity index (χ0n) is 12.3. The minimum absolute atomic E-state index is 0.243. The largest absolute Gasteiger partial charge is 0.388 e. The molecule has 0 radical (unpaired) electrons. The monoisotopic (exact) mass is 273 g/mol. The van der Waals surface area contributed by atoms with Gasteiger partial charge < -0.3 is 5.73 Å². The van der Waals surface area contributed by atoms with Crippen molar-refractivity contribution in [3.05, 3.63) is 30.0 Å². The van der Waals surface area contributed by atoms with Crippen LogP contribution in [-0.4, -0.2) is 33.6 Å². The minimum atomic E-state index is 0.243. The number of nitrogens with two attached hydrogens (primary N) is 1. The van der Waals surface area contributed by atoms with E-state index in [1.54, 1.807) is 0 Å². The molecule has 0 bridgehead atoms. The van der Waals surface area contributed by atoms with Crippen LogP contribution in [0.5, 0.6) is 0 Å². The van der Waals surface area contributed by atoms with Gasteiger partial charge in [0.1, 0.15) is 0 Å². The summed E-state index contributed by atoms with van der Waals surface area (Å²) >= 11 is 0. The highest BCUT2D eigenvalue weighted by Crippen LogP contribution is 2.19. The minimum Gasteiger partial charge on any atom is -0.388 e. The van der Waals surface area contributed by atoms with Crippen LogP contribution < -0.4 is 5.73 Å². The summed E-state index contributed by atoms with van der Waals surface area (Å²) in [5.41, 5.74) is 7.73. The first-order valence-corrected chi connectivity index (χ1v) is 7.15. The molecule has 0 unspecified atom stereocenters. The molecule has 5 nitrogen and oxygen atoms in total. The predicted molar refractivity (Wildman–Crippen MR) is 82.9 cm³/mol. The lowest BCUT2D eigenvalue weighted by Crippen LogP contribution is -2.27. The van der Waals surface area contributed by atoms with Crippen molar-refractivity contribution in [2.75, 3.05) is 13.1 Å². The number of para-hydroxylation sites is 1. The Kier molecular flexibility index (Phi) is 4.74. The molecular formula is C15H23N5. The number of hydrogen-bond donors (Lipinski definition) is 2. The summed E-state index contributed by atoms with van der Waals surface area (Å²) in [7, 11) is 0. The van der Waals surface area contributed by atoms with Crippen molar-refractivity contribution in [1.82, 2.24) is 14.7 Å². The number of rotatable bonds is 7. The van der Waals surface area contributed by atoms with E-state index in [9.17, 15) is 0 Å². The maximum Gasteiger partial charge on any atom is 0.0918 e. The van der Waals surface area contributed by atoms with Gasteiger partial charge in [-0.15, -0.1) is 0 Å². The molecule has 3 N–H and O–H groups in total. The normalized spacial score (nSPS) is 11.3. The first kappa shape index (κ1) is 14.5. The third kappa shape index (κ3) is 3.17. The van der Waals surface area contributed by atoms with E-state index in [2.05, 4.69) is 36.9 Å². The van der Waals surface area contributed by atoms with E-state index in [0.29, 0.717) is 6.42 Å². The Bertz CT molecular complexity index is 587. The molecule has 1 heterocycles. The molecule has 0 aliphatic heterocycles. The molecule has 108 valence electrons. The number of hydrogen-bond acceptors (Lipinski definition) is 3. The SMILES string of the molecule is CCN(CCC(=N)N)Cc1nn(CC)c2ccccc12. The second kappa shape index (κ2) is 6.52. The smallest absolute Gasteiger partial charge is 0.0918 e. The summed E-state index contributed by atoms with van der Waals surface area (Å²) in [4.78, 5) is 2.27. The molecule has 5 heteroatoms. The number of fused-ring (bicyclic) bond motifs is 1. The molecule has 0 amide bonds. The fraction of sp³-hybridized carbons (Fsp3) is 0.467. The van der Waals surface area contributed by atoms with Gasteiger partial charge in [-0.05, 0) is 19.5 Å². The molecule has 20 heavy (non-hydrogen) atoms. The van der Waals surface area contributed by atoms with Gasteiger partial charge in [0.15, 0.2) is 0 Å². The quantitative estimate of drug-likeness (QED) is 0.600. The van der Waals surface area contributed by atoms with Crippen LogP contribution in [0.1, 0.15) is 26.0 Å². The Morgan fingerprint density at radius 1 is 1.35 bits per heavy atom. The van der Waals surface area contributed by atoms with Gasteiger partial charge in [0.2, 0.25) is 0 Å². The topological polar surface area (TPSA) is 70.9 Å². The second-order valence-corrected chi connectivity index (χ2v) is 4.92. The van der Waals surface area contributed by atoms with Crippen molar-refractivity contribution in [1.29, 1.82) is 5.41 Å². The number of aromatic nitrogens is 2. The fourth-order valence-corrected chi connectivity index (χ4v) is 2.39. The lowest BCUT2D eigenvalue weighted by atomic mass is 10.2. The summed E-state index contributed by atoms with van der Waals surface area (Å²) in [5, 5.41) is 13.3. The lowest BCUT2D eigenvalue weighted by Gasteiger charge is -2.18. The number of benzene rings is 1. The molecule has 2 rings (SSSR count). The molecule has 1 aromatic heterocycles. The maximum atomic E-state index is 7.34. The van der Waals surface area contributed by atoms with Gasteiger partial charge in [-0.1, -0.05) is 25.1 Å². The van der Waals surface area contributed by atoms with Gasteiger partial charge in [-0.2, -0.15) is 5.10 Å². The van der Waals surface area contributed by atoms with E-state index >= 15 is 0 Å². The highest BCUT2D eigenvalue weighted by Gasteiger charge is 2.12. The predicted octanol–water partition coefficient (Wildman–Crippen LogP) is 2.20. The highest BCUT2D eigenvalue weighted by atomic mass is 15.3. The molecule has 0 saturated heterocycles. The number of amidine groups is 1. The summed E-state index contributed by atoms with van der Waals surface area (Å²) in [6, 6.07) is 8.34. The number of nitrogens with zero attached hydrogens (tertiary/aromatic N) is 3. The zero-order valence-corrected chi connectivity index (χ0v) is 12.3. The Morgan fingerprint density at radius 3 is 2.75 bits per heavy atom. The van der Waals surface area contributed by atoms with E-state index in [4.69, 9.17) is 16.2 Å². The first-order valence-electron chi connectivity index (χ1n) is 7.15. The standard InChI is InChI=1S/C15H23N5/c1-3-19(10-9-15(16)17)11-13-12-7-5-6-8-14(12)20(4-2)18-13/h5-8H,3-4,9-11H2,1-2H3,(H3,16,17). The van der Waals surface area contributed by atoms with Crippen LogP contribution in [0.25, 0.3) is 10.9 Å². The summed E-state index contributed by atoms with van der Waals surface area (Å²) in [6.45, 7) is 7.65. The Hall–Kier alpha value is -1.88. The molecule has 0 aliphatic carbocycles. The van der Waals surface area contributed by atoms with Crippen LogP contribution in [0.2, 0.25) is 0 Å². The summed E-state index contributed by atoms with van der Waals surface area (Å²) < 4.78 is 2.05. The van der Waals surface area contributed by atoms with E-state index in [1.165, 1.54) is 10.9 Å². The molecule has 0 atom stereocenters. The average molecular weight is 273 g/mol. The molecule has 0 spiro atoms. The third-order valence-corrected chi connectivity index (χ3v) is 3.55. The van der Waals surface area contributed by atoms with Crippen molar-refractivity contribution < 1.29 is 0 Å². The molecule has 2 aromatic rings. The van der Waals surface area contributed by atoms with Gasteiger partial charge >= 0.3 is 0 Å². The molecule has 0 aliphatic rings. The molecule has 1 aromatic carbocycles. The number of nitrogens with one attached hydrogen (secondary N) is 1. The van der Waals surface area contributed by atoms with Gasteiger partial charge in [-0.3, -0.25) is 15.0 Å². The summed E-state index contributed by atoms with van der Waals surface area (Å²) in [6.07, 6.45) is 0.611. The van der Waals surface area contributed by atoms with Crippen molar-refractivity contribution in [3.8, 4) is 0 Å². The first-order chi connectivity index (χ1) is 9.65. The zero-order chi connectivity index (χ0) is 14.5. The van der Waals surface area contributed by atoms with E-state index in [1.807, 2.05) is 10.7 Å². The van der Waals surface area contributed by atoms with Crippen molar-refractivity contribution in [3.63, 3.8) is 0 Å². The maximum absolute atomic E-state index is 7.34. The second-order valence-electron chi connectivity index (χ2n) is 4.92. The van der Waals surface area contributed by atoms with Gasteiger partial charge in [0.25, 0.3) is 0 Å². The van der Waals surface area contributed by atoms with E-state index < -0.39 is 0 Å². The van der Waals surface area contributed by atoms with Crippen LogP contribution in [0.4, 0.5) is 0 Å². The molecule has 0 saturated carbocycles. The third-order valence-electron chi connectivity index (χ3n) is 3.55. The van der Waals surface area contributed by atoms with Crippen molar-refractivity contribution >= 4 is 16.7 Å². The Labute approximate surface area is 119 Å². The average Bonchev–Trinajstić information content (AvgIpc) is 2.81. The fourth-order valence-electron chi connectivity index (χ4n) is 2.39. The van der Waals surface area contributed by atoms with E-state index in [-0.39, 0.29) is 5.84 Å². The van der Waals surface area contributed by atoms with Gasteiger partial charge in [-0.25, -0.2) is 0 Å². The van der Waals surface area contributed by atoms with E-state index in [0.717, 1.165) is 31.9 Å². The van der Waals surface area contributed by atoms with Crippen LogP contribution >= 0.6 is 0 Å². The molecular weight excluding hydrogens is 250 g/mol. The Morgan fingerprint density at radius 2 is 2.10 bits per heavy atom.